The molecular weight excluding hydrogens is 418 g/mol. The maximum absolute atomic E-state index is 12.9. The second kappa shape index (κ2) is 10.1. The number of aryl methyl sites for hydroxylation is 1. The first-order valence-corrected chi connectivity index (χ1v) is 10.8. The molecule has 0 N–H and O–H groups in total. The van der Waals surface area contributed by atoms with Crippen molar-refractivity contribution in [3.8, 4) is 5.75 Å². The Morgan fingerprint density at radius 3 is 2.38 bits per heavy atom. The number of rotatable bonds is 7. The van der Waals surface area contributed by atoms with E-state index in [4.69, 9.17) is 0 Å². The molecule has 1 saturated heterocycles. The van der Waals surface area contributed by atoms with E-state index in [0.29, 0.717) is 32.1 Å². The van der Waals surface area contributed by atoms with Crippen molar-refractivity contribution in [3.05, 3.63) is 46.8 Å². The van der Waals surface area contributed by atoms with Crippen LogP contribution in [0.15, 0.2) is 24.3 Å². The molecule has 2 heterocycles. The van der Waals surface area contributed by atoms with Gasteiger partial charge in [0, 0.05) is 49.5 Å². The van der Waals surface area contributed by atoms with E-state index in [-0.39, 0.29) is 29.5 Å². The highest BCUT2D eigenvalue weighted by Crippen LogP contribution is 2.19. The standard InChI is InChI=1S/C23H30F2N4O3/c1-15(2)14-29-17(4)20(16(3)26-29)13-21(30)27-8-10-28(11-9-27)22(31)18-6-5-7-19(12-18)32-23(24)25/h5-7,12,15,23H,8-11,13-14H2,1-4H3. The highest BCUT2D eigenvalue weighted by molar-refractivity contribution is 5.94. The molecule has 0 spiro atoms. The summed E-state index contributed by atoms with van der Waals surface area (Å²) in [6.45, 7) is 7.66. The van der Waals surface area contributed by atoms with Crippen molar-refractivity contribution in [2.24, 2.45) is 5.92 Å². The van der Waals surface area contributed by atoms with Gasteiger partial charge in [-0.3, -0.25) is 14.3 Å². The molecule has 1 aliphatic rings. The molecule has 1 aromatic heterocycles. The van der Waals surface area contributed by atoms with Gasteiger partial charge in [0.15, 0.2) is 0 Å². The maximum atomic E-state index is 12.9. The van der Waals surface area contributed by atoms with Crippen LogP contribution in [0, 0.1) is 19.8 Å². The van der Waals surface area contributed by atoms with Gasteiger partial charge < -0.3 is 14.5 Å². The third kappa shape index (κ3) is 5.63. The molecular formula is C23H30F2N4O3. The summed E-state index contributed by atoms with van der Waals surface area (Å²) in [7, 11) is 0. The van der Waals surface area contributed by atoms with Crippen LogP contribution in [0.1, 0.15) is 41.2 Å². The summed E-state index contributed by atoms with van der Waals surface area (Å²) in [5, 5.41) is 4.58. The number of ether oxygens (including phenoxy) is 1. The van der Waals surface area contributed by atoms with Crippen LogP contribution >= 0.6 is 0 Å². The van der Waals surface area contributed by atoms with Crippen molar-refractivity contribution < 1.29 is 23.1 Å². The Bertz CT molecular complexity index is 966. The average molecular weight is 449 g/mol. The van der Waals surface area contributed by atoms with E-state index in [0.717, 1.165) is 23.5 Å². The van der Waals surface area contributed by atoms with Crippen LogP contribution in [0.3, 0.4) is 0 Å². The zero-order valence-electron chi connectivity index (χ0n) is 19.0. The lowest BCUT2D eigenvalue weighted by atomic mass is 10.1. The molecule has 0 atom stereocenters. The second-order valence-electron chi connectivity index (χ2n) is 8.48. The van der Waals surface area contributed by atoms with Gasteiger partial charge in [-0.15, -0.1) is 0 Å². The number of carbonyl (C=O) groups is 2. The van der Waals surface area contributed by atoms with E-state index in [2.05, 4.69) is 23.7 Å². The fourth-order valence-corrected chi connectivity index (χ4v) is 3.92. The molecule has 0 saturated carbocycles. The van der Waals surface area contributed by atoms with Gasteiger partial charge in [-0.05, 0) is 38.0 Å². The smallest absolute Gasteiger partial charge is 0.387 e. The predicted octanol–water partition coefficient (Wildman–Crippen LogP) is 3.28. The maximum Gasteiger partial charge on any atom is 0.387 e. The zero-order valence-corrected chi connectivity index (χ0v) is 19.0. The Morgan fingerprint density at radius 2 is 1.75 bits per heavy atom. The van der Waals surface area contributed by atoms with E-state index >= 15 is 0 Å². The van der Waals surface area contributed by atoms with Crippen molar-refractivity contribution in [1.29, 1.82) is 0 Å². The minimum absolute atomic E-state index is 0.0136. The number of hydrogen-bond donors (Lipinski definition) is 0. The normalized spacial score (nSPS) is 14.4. The molecule has 32 heavy (non-hydrogen) atoms. The highest BCUT2D eigenvalue weighted by atomic mass is 19.3. The van der Waals surface area contributed by atoms with Crippen molar-refractivity contribution >= 4 is 11.8 Å². The van der Waals surface area contributed by atoms with Gasteiger partial charge in [0.05, 0.1) is 12.1 Å². The third-order valence-electron chi connectivity index (χ3n) is 5.62. The Kier molecular flexibility index (Phi) is 7.48. The number of aromatic nitrogens is 2. The number of carbonyl (C=O) groups excluding carboxylic acids is 2. The topological polar surface area (TPSA) is 67.7 Å². The van der Waals surface area contributed by atoms with Crippen molar-refractivity contribution in [3.63, 3.8) is 0 Å². The molecule has 2 aromatic rings. The molecule has 9 heteroatoms. The number of nitrogens with zero attached hydrogens (tertiary/aromatic N) is 4. The molecule has 174 valence electrons. The molecule has 7 nitrogen and oxygen atoms in total. The lowest BCUT2D eigenvalue weighted by Gasteiger charge is -2.35. The third-order valence-corrected chi connectivity index (χ3v) is 5.62. The molecule has 1 aliphatic heterocycles. The van der Waals surface area contributed by atoms with E-state index < -0.39 is 6.61 Å². The summed E-state index contributed by atoms with van der Waals surface area (Å²) in [6, 6.07) is 5.77. The fourth-order valence-electron chi connectivity index (χ4n) is 3.92. The number of alkyl halides is 2. The summed E-state index contributed by atoms with van der Waals surface area (Å²) < 4.78 is 31.2. The molecule has 1 fully saturated rings. The SMILES string of the molecule is Cc1nn(CC(C)C)c(C)c1CC(=O)N1CCN(C(=O)c2cccc(OC(F)F)c2)CC1. The van der Waals surface area contributed by atoms with Gasteiger partial charge in [0.25, 0.3) is 5.91 Å². The fraction of sp³-hybridized carbons (Fsp3) is 0.522. The number of amides is 2. The quantitative estimate of drug-likeness (QED) is 0.652. The van der Waals surface area contributed by atoms with Crippen molar-refractivity contribution in [2.45, 2.75) is 47.3 Å². The molecule has 2 amide bonds. The number of halogens is 2. The van der Waals surface area contributed by atoms with E-state index in [1.54, 1.807) is 15.9 Å². The van der Waals surface area contributed by atoms with Gasteiger partial charge in [-0.1, -0.05) is 19.9 Å². The summed E-state index contributed by atoms with van der Waals surface area (Å²) in [6.07, 6.45) is 0.288. The highest BCUT2D eigenvalue weighted by Gasteiger charge is 2.26. The minimum Gasteiger partial charge on any atom is -0.435 e. The minimum atomic E-state index is -2.94. The molecule has 3 rings (SSSR count). The molecule has 1 aromatic carbocycles. The Hall–Kier alpha value is -2.97. The Labute approximate surface area is 186 Å². The predicted molar refractivity (Wildman–Crippen MR) is 116 cm³/mol. The largest absolute Gasteiger partial charge is 0.435 e. The van der Waals surface area contributed by atoms with Crippen molar-refractivity contribution in [2.75, 3.05) is 26.2 Å². The zero-order chi connectivity index (χ0) is 23.4. The van der Waals surface area contributed by atoms with Crippen LogP contribution in [-0.4, -0.2) is 64.2 Å². The monoisotopic (exact) mass is 448 g/mol. The van der Waals surface area contributed by atoms with Crippen LogP contribution in [0.25, 0.3) is 0 Å². The Morgan fingerprint density at radius 1 is 1.09 bits per heavy atom. The summed E-state index contributed by atoms with van der Waals surface area (Å²) in [4.78, 5) is 29.0. The summed E-state index contributed by atoms with van der Waals surface area (Å²) in [5.41, 5.74) is 3.14. The average Bonchev–Trinajstić information content (AvgIpc) is 2.99. The van der Waals surface area contributed by atoms with Gasteiger partial charge in [0.2, 0.25) is 5.91 Å². The lowest BCUT2D eigenvalue weighted by Crippen LogP contribution is -2.51. The number of piperazine rings is 1. The van der Waals surface area contributed by atoms with Crippen LogP contribution in [-0.2, 0) is 17.8 Å². The molecule has 0 bridgehead atoms. The molecule has 0 unspecified atom stereocenters. The first-order chi connectivity index (χ1) is 15.2. The van der Waals surface area contributed by atoms with E-state index in [1.807, 2.05) is 18.5 Å². The van der Waals surface area contributed by atoms with Gasteiger partial charge in [-0.25, -0.2) is 0 Å². The number of hydrogen-bond acceptors (Lipinski definition) is 4. The number of benzene rings is 1. The van der Waals surface area contributed by atoms with Crippen LogP contribution in [0.2, 0.25) is 0 Å². The van der Waals surface area contributed by atoms with Crippen LogP contribution < -0.4 is 4.74 Å². The Balaban J connectivity index is 1.58. The van der Waals surface area contributed by atoms with Gasteiger partial charge in [0.1, 0.15) is 5.75 Å². The second-order valence-corrected chi connectivity index (χ2v) is 8.48. The van der Waals surface area contributed by atoms with E-state index in [1.165, 1.54) is 18.2 Å². The van der Waals surface area contributed by atoms with Crippen LogP contribution in [0.5, 0.6) is 5.75 Å². The van der Waals surface area contributed by atoms with Crippen LogP contribution in [0.4, 0.5) is 8.78 Å². The van der Waals surface area contributed by atoms with E-state index in [9.17, 15) is 18.4 Å². The summed E-state index contributed by atoms with van der Waals surface area (Å²) in [5.74, 6) is 0.159. The van der Waals surface area contributed by atoms with Gasteiger partial charge >= 0.3 is 6.61 Å². The molecule has 0 aliphatic carbocycles. The first kappa shape index (κ1) is 23.7. The summed E-state index contributed by atoms with van der Waals surface area (Å²) >= 11 is 0. The van der Waals surface area contributed by atoms with Crippen molar-refractivity contribution in [1.82, 2.24) is 19.6 Å². The molecule has 0 radical (unpaired) electrons. The first-order valence-electron chi connectivity index (χ1n) is 10.8. The lowest BCUT2D eigenvalue weighted by molar-refractivity contribution is -0.131. The van der Waals surface area contributed by atoms with Gasteiger partial charge in [-0.2, -0.15) is 13.9 Å².